The molecule has 2 heterocycles. The van der Waals surface area contributed by atoms with Gasteiger partial charge in [0.05, 0.1) is 16.7 Å². The molecule has 0 aliphatic rings. The van der Waals surface area contributed by atoms with E-state index in [1.54, 1.807) is 0 Å². The Hall–Kier alpha value is -3.54. The van der Waals surface area contributed by atoms with Gasteiger partial charge < -0.3 is 10.6 Å². The Morgan fingerprint density at radius 3 is 1.81 bits per heavy atom. The maximum absolute atomic E-state index is 4.67. The number of nitrogens with zero attached hydrogens (tertiary/aromatic N) is 4. The Morgan fingerprint density at radius 2 is 1.19 bits per heavy atom. The van der Waals surface area contributed by atoms with Gasteiger partial charge in [-0.15, -0.1) is 0 Å². The SMILES string of the molecule is Cc1cc(C)nc(Nc2ccc(Nc3nc4ccccc4nc3C)cc2)n1. The van der Waals surface area contributed by atoms with Crippen LogP contribution in [0.25, 0.3) is 11.0 Å². The summed E-state index contributed by atoms with van der Waals surface area (Å²) in [7, 11) is 0. The second-order valence-electron chi connectivity index (χ2n) is 6.45. The fraction of sp³-hybridized carbons (Fsp3) is 0.143. The van der Waals surface area contributed by atoms with Gasteiger partial charge in [0.25, 0.3) is 0 Å². The Balaban J connectivity index is 1.53. The highest BCUT2D eigenvalue weighted by Crippen LogP contribution is 2.22. The molecule has 0 amide bonds. The third-order valence-corrected chi connectivity index (χ3v) is 4.13. The molecule has 4 rings (SSSR count). The summed E-state index contributed by atoms with van der Waals surface area (Å²) in [6.45, 7) is 5.87. The summed E-state index contributed by atoms with van der Waals surface area (Å²) in [6.07, 6.45) is 0. The lowest BCUT2D eigenvalue weighted by Crippen LogP contribution is -2.01. The molecule has 2 aromatic heterocycles. The van der Waals surface area contributed by atoms with Gasteiger partial charge in [0, 0.05) is 22.8 Å². The zero-order valence-electron chi connectivity index (χ0n) is 15.5. The van der Waals surface area contributed by atoms with E-state index in [1.807, 2.05) is 75.4 Å². The van der Waals surface area contributed by atoms with Crippen molar-refractivity contribution >= 4 is 34.2 Å². The van der Waals surface area contributed by atoms with E-state index < -0.39 is 0 Å². The predicted molar refractivity (Wildman–Crippen MR) is 109 cm³/mol. The van der Waals surface area contributed by atoms with Crippen LogP contribution < -0.4 is 10.6 Å². The molecule has 0 unspecified atom stereocenters. The van der Waals surface area contributed by atoms with E-state index in [4.69, 9.17) is 0 Å². The van der Waals surface area contributed by atoms with Gasteiger partial charge in [-0.05, 0) is 63.2 Å². The van der Waals surface area contributed by atoms with Crippen LogP contribution in [0.3, 0.4) is 0 Å². The Kier molecular flexibility index (Phi) is 4.38. The fourth-order valence-corrected chi connectivity index (χ4v) is 2.89. The van der Waals surface area contributed by atoms with Gasteiger partial charge in [0.15, 0.2) is 5.82 Å². The largest absolute Gasteiger partial charge is 0.339 e. The maximum atomic E-state index is 4.67. The first-order chi connectivity index (χ1) is 13.1. The van der Waals surface area contributed by atoms with Crippen LogP contribution in [0.4, 0.5) is 23.1 Å². The molecular formula is C21H20N6. The van der Waals surface area contributed by atoms with Crippen molar-refractivity contribution in [3.63, 3.8) is 0 Å². The minimum absolute atomic E-state index is 0.601. The average Bonchev–Trinajstić information content (AvgIpc) is 2.63. The lowest BCUT2D eigenvalue weighted by atomic mass is 10.2. The normalized spacial score (nSPS) is 10.8. The van der Waals surface area contributed by atoms with Crippen molar-refractivity contribution in [1.29, 1.82) is 0 Å². The van der Waals surface area contributed by atoms with Gasteiger partial charge in [0.1, 0.15) is 0 Å². The molecule has 0 saturated carbocycles. The Labute approximate surface area is 157 Å². The summed E-state index contributed by atoms with van der Waals surface area (Å²) in [5, 5.41) is 6.58. The number of nitrogens with one attached hydrogen (secondary N) is 2. The first-order valence-corrected chi connectivity index (χ1v) is 8.76. The van der Waals surface area contributed by atoms with Crippen molar-refractivity contribution in [2.24, 2.45) is 0 Å². The number of benzene rings is 2. The van der Waals surface area contributed by atoms with Gasteiger partial charge in [-0.1, -0.05) is 12.1 Å². The molecule has 0 radical (unpaired) electrons. The Morgan fingerprint density at radius 1 is 0.630 bits per heavy atom. The first-order valence-electron chi connectivity index (χ1n) is 8.76. The first kappa shape index (κ1) is 16.9. The molecule has 0 fully saturated rings. The molecular weight excluding hydrogens is 336 g/mol. The highest BCUT2D eigenvalue weighted by Gasteiger charge is 2.06. The predicted octanol–water partition coefficient (Wildman–Crippen LogP) is 4.83. The van der Waals surface area contributed by atoms with E-state index in [0.717, 1.165) is 45.3 Å². The van der Waals surface area contributed by atoms with Crippen molar-refractivity contribution in [1.82, 2.24) is 19.9 Å². The number of aryl methyl sites for hydroxylation is 3. The van der Waals surface area contributed by atoms with Crippen molar-refractivity contribution < 1.29 is 0 Å². The molecule has 6 heteroatoms. The summed E-state index contributed by atoms with van der Waals surface area (Å²) < 4.78 is 0. The molecule has 0 aliphatic carbocycles. The minimum Gasteiger partial charge on any atom is -0.339 e. The van der Waals surface area contributed by atoms with Crippen LogP contribution in [0.15, 0.2) is 54.6 Å². The van der Waals surface area contributed by atoms with E-state index in [0.29, 0.717) is 5.95 Å². The lowest BCUT2D eigenvalue weighted by molar-refractivity contribution is 1.06. The highest BCUT2D eigenvalue weighted by molar-refractivity contribution is 5.77. The third-order valence-electron chi connectivity index (χ3n) is 4.13. The van der Waals surface area contributed by atoms with Gasteiger partial charge >= 0.3 is 0 Å². The number of aromatic nitrogens is 4. The van der Waals surface area contributed by atoms with Gasteiger partial charge in [-0.25, -0.2) is 19.9 Å². The van der Waals surface area contributed by atoms with Crippen LogP contribution in [-0.2, 0) is 0 Å². The summed E-state index contributed by atoms with van der Waals surface area (Å²) >= 11 is 0. The average molecular weight is 356 g/mol. The van der Waals surface area contributed by atoms with Crippen LogP contribution in [0.1, 0.15) is 17.1 Å². The summed E-state index contributed by atoms with van der Waals surface area (Å²) in [4.78, 5) is 18.1. The van der Waals surface area contributed by atoms with E-state index in [-0.39, 0.29) is 0 Å². The van der Waals surface area contributed by atoms with Crippen LogP contribution >= 0.6 is 0 Å². The molecule has 6 nitrogen and oxygen atoms in total. The molecule has 0 spiro atoms. The van der Waals surface area contributed by atoms with Crippen molar-refractivity contribution in [3.05, 3.63) is 71.7 Å². The molecule has 0 aliphatic heterocycles. The topological polar surface area (TPSA) is 75.6 Å². The number of rotatable bonds is 4. The van der Waals surface area contributed by atoms with E-state index in [1.165, 1.54) is 0 Å². The number of fused-ring (bicyclic) bond motifs is 1. The van der Waals surface area contributed by atoms with Crippen molar-refractivity contribution in [2.45, 2.75) is 20.8 Å². The molecule has 2 N–H and O–H groups in total. The number of anilines is 4. The molecule has 2 aromatic carbocycles. The number of hydrogen-bond acceptors (Lipinski definition) is 6. The Bertz CT molecular complexity index is 1090. The number of para-hydroxylation sites is 2. The highest BCUT2D eigenvalue weighted by atomic mass is 15.1. The molecule has 0 saturated heterocycles. The van der Waals surface area contributed by atoms with E-state index >= 15 is 0 Å². The fourth-order valence-electron chi connectivity index (χ4n) is 2.89. The molecule has 4 aromatic rings. The van der Waals surface area contributed by atoms with Gasteiger partial charge in [0.2, 0.25) is 5.95 Å². The third kappa shape index (κ3) is 3.84. The second-order valence-corrected chi connectivity index (χ2v) is 6.45. The van der Waals surface area contributed by atoms with Crippen LogP contribution in [0.2, 0.25) is 0 Å². The zero-order chi connectivity index (χ0) is 18.8. The van der Waals surface area contributed by atoms with Crippen molar-refractivity contribution in [2.75, 3.05) is 10.6 Å². The smallest absolute Gasteiger partial charge is 0.227 e. The summed E-state index contributed by atoms with van der Waals surface area (Å²) in [5.74, 6) is 1.36. The van der Waals surface area contributed by atoms with Gasteiger partial charge in [-0.3, -0.25) is 0 Å². The van der Waals surface area contributed by atoms with Crippen LogP contribution in [0.5, 0.6) is 0 Å². The number of hydrogen-bond donors (Lipinski definition) is 2. The second kappa shape index (κ2) is 6.99. The zero-order valence-corrected chi connectivity index (χ0v) is 15.5. The van der Waals surface area contributed by atoms with E-state index in [9.17, 15) is 0 Å². The maximum Gasteiger partial charge on any atom is 0.227 e. The lowest BCUT2D eigenvalue weighted by Gasteiger charge is -2.11. The van der Waals surface area contributed by atoms with Gasteiger partial charge in [-0.2, -0.15) is 0 Å². The summed E-state index contributed by atoms with van der Waals surface area (Å²) in [6, 6.07) is 17.7. The standard InChI is InChI=1S/C21H20N6/c1-13-12-14(2)23-21(22-13)26-17-10-8-16(9-11-17)25-20-15(3)24-18-6-4-5-7-19(18)27-20/h4-12H,1-3H3,(H,25,27)(H,22,23,26). The monoisotopic (exact) mass is 356 g/mol. The molecule has 27 heavy (non-hydrogen) atoms. The van der Waals surface area contributed by atoms with Crippen LogP contribution in [0, 0.1) is 20.8 Å². The molecule has 0 atom stereocenters. The quantitative estimate of drug-likeness (QED) is 0.545. The van der Waals surface area contributed by atoms with Crippen LogP contribution in [-0.4, -0.2) is 19.9 Å². The van der Waals surface area contributed by atoms with Crippen molar-refractivity contribution in [3.8, 4) is 0 Å². The molecule has 134 valence electrons. The summed E-state index contributed by atoms with van der Waals surface area (Å²) in [5.41, 5.74) is 6.37. The minimum atomic E-state index is 0.601. The van der Waals surface area contributed by atoms with E-state index in [2.05, 4.69) is 30.6 Å². The molecule has 0 bridgehead atoms.